The fourth-order valence-electron chi connectivity index (χ4n) is 3.20. The fourth-order valence-corrected chi connectivity index (χ4v) is 5.45. The highest BCUT2D eigenvalue weighted by Crippen LogP contribution is 2.35. The second kappa shape index (κ2) is 5.56. The minimum atomic E-state index is -3.58. The molecule has 0 heterocycles. The van der Waals surface area contributed by atoms with E-state index in [0.717, 1.165) is 6.42 Å². The molecule has 0 aliphatic heterocycles. The minimum Gasteiger partial charge on any atom is -0.478 e. The summed E-state index contributed by atoms with van der Waals surface area (Å²) >= 11 is 0. The molecule has 2 rings (SSSR count). The van der Waals surface area contributed by atoms with Gasteiger partial charge in [-0.3, -0.25) is 0 Å². The van der Waals surface area contributed by atoms with E-state index in [1.165, 1.54) is 12.1 Å². The lowest BCUT2D eigenvalue weighted by Crippen LogP contribution is -2.31. The van der Waals surface area contributed by atoms with Gasteiger partial charge >= 0.3 is 5.97 Å². The topological polar surface area (TPSA) is 71.4 Å². The van der Waals surface area contributed by atoms with Crippen LogP contribution in [-0.4, -0.2) is 24.7 Å². The van der Waals surface area contributed by atoms with E-state index in [4.69, 9.17) is 5.11 Å². The quantitative estimate of drug-likeness (QED) is 0.930. The van der Waals surface area contributed by atoms with Crippen molar-refractivity contribution in [2.45, 2.75) is 43.3 Å². The van der Waals surface area contributed by atoms with Crippen LogP contribution in [0.5, 0.6) is 0 Å². The zero-order chi connectivity index (χ0) is 14.9. The summed E-state index contributed by atoms with van der Waals surface area (Å²) in [4.78, 5) is 11.2. The van der Waals surface area contributed by atoms with Gasteiger partial charge in [0, 0.05) is 0 Å². The zero-order valence-electron chi connectivity index (χ0n) is 11.7. The molecule has 0 bridgehead atoms. The summed E-state index contributed by atoms with van der Waals surface area (Å²) < 4.78 is 25.5. The predicted octanol–water partition coefficient (Wildman–Crippen LogP) is 2.98. The summed E-state index contributed by atoms with van der Waals surface area (Å²) in [6, 6.07) is 5.89. The molecule has 1 aliphatic rings. The maximum absolute atomic E-state index is 12.7. The monoisotopic (exact) mass is 296 g/mol. The average Bonchev–Trinajstić information content (AvgIpc) is 2.37. The van der Waals surface area contributed by atoms with Crippen LogP contribution < -0.4 is 0 Å². The van der Waals surface area contributed by atoms with Crippen molar-refractivity contribution in [1.82, 2.24) is 0 Å². The van der Waals surface area contributed by atoms with Crippen molar-refractivity contribution in [3.05, 3.63) is 29.8 Å². The lowest BCUT2D eigenvalue weighted by atomic mass is 9.83. The molecule has 1 aliphatic carbocycles. The molecule has 2 atom stereocenters. The Morgan fingerprint density at radius 3 is 2.20 bits per heavy atom. The van der Waals surface area contributed by atoms with Gasteiger partial charge < -0.3 is 5.11 Å². The number of hydrogen-bond donors (Lipinski definition) is 1. The van der Waals surface area contributed by atoms with Crippen molar-refractivity contribution in [2.75, 3.05) is 0 Å². The van der Waals surface area contributed by atoms with Gasteiger partial charge in [-0.15, -0.1) is 0 Å². The predicted molar refractivity (Wildman–Crippen MR) is 76.6 cm³/mol. The SMILES string of the molecule is CC1CC(C)CC(S(=O)(=O)c2ccccc2C(=O)O)C1. The molecule has 110 valence electrons. The first kappa shape index (κ1) is 15.0. The third-order valence-corrected chi connectivity index (χ3v) is 6.23. The molecule has 1 N–H and O–H groups in total. The van der Waals surface area contributed by atoms with Crippen LogP contribution in [0.4, 0.5) is 0 Å². The summed E-state index contributed by atoms with van der Waals surface area (Å²) in [5.41, 5.74) is -0.127. The Balaban J connectivity index is 2.43. The van der Waals surface area contributed by atoms with Crippen LogP contribution >= 0.6 is 0 Å². The summed E-state index contributed by atoms with van der Waals surface area (Å²) in [6.07, 6.45) is 2.26. The van der Waals surface area contributed by atoms with E-state index in [9.17, 15) is 13.2 Å². The summed E-state index contributed by atoms with van der Waals surface area (Å²) in [5.74, 6) is -0.480. The van der Waals surface area contributed by atoms with E-state index in [2.05, 4.69) is 13.8 Å². The van der Waals surface area contributed by atoms with Crippen molar-refractivity contribution in [3.63, 3.8) is 0 Å². The van der Waals surface area contributed by atoms with Gasteiger partial charge in [-0.1, -0.05) is 26.0 Å². The number of sulfone groups is 1. The normalized spacial score (nSPS) is 27.2. The molecule has 0 spiro atoms. The average molecular weight is 296 g/mol. The molecular formula is C15H20O4S. The van der Waals surface area contributed by atoms with Crippen molar-refractivity contribution >= 4 is 15.8 Å². The molecule has 1 aromatic carbocycles. The smallest absolute Gasteiger partial charge is 0.337 e. The summed E-state index contributed by atoms with van der Waals surface area (Å²) in [7, 11) is -3.58. The van der Waals surface area contributed by atoms with Crippen LogP contribution in [0.3, 0.4) is 0 Å². The molecule has 20 heavy (non-hydrogen) atoms. The Morgan fingerprint density at radius 2 is 1.65 bits per heavy atom. The van der Waals surface area contributed by atoms with Crippen molar-refractivity contribution in [3.8, 4) is 0 Å². The molecule has 4 nitrogen and oxygen atoms in total. The van der Waals surface area contributed by atoms with Crippen LogP contribution in [0.15, 0.2) is 29.2 Å². The lowest BCUT2D eigenvalue weighted by Gasteiger charge is -2.31. The van der Waals surface area contributed by atoms with Gasteiger partial charge in [-0.2, -0.15) is 0 Å². The van der Waals surface area contributed by atoms with E-state index in [0.29, 0.717) is 24.7 Å². The Bertz CT molecular complexity index is 596. The Labute approximate surface area is 119 Å². The number of benzene rings is 1. The van der Waals surface area contributed by atoms with E-state index in [1.807, 2.05) is 0 Å². The maximum Gasteiger partial charge on any atom is 0.337 e. The number of hydrogen-bond acceptors (Lipinski definition) is 3. The van der Waals surface area contributed by atoms with E-state index < -0.39 is 21.1 Å². The van der Waals surface area contributed by atoms with Crippen molar-refractivity contribution < 1.29 is 18.3 Å². The van der Waals surface area contributed by atoms with Gasteiger partial charge in [0.05, 0.1) is 15.7 Å². The number of carboxylic acids is 1. The lowest BCUT2D eigenvalue weighted by molar-refractivity contribution is 0.0692. The van der Waals surface area contributed by atoms with Crippen LogP contribution in [0.25, 0.3) is 0 Å². The first-order valence-electron chi connectivity index (χ1n) is 6.88. The Kier molecular flexibility index (Phi) is 4.18. The highest BCUT2D eigenvalue weighted by Gasteiger charge is 2.36. The van der Waals surface area contributed by atoms with Crippen LogP contribution in [0.1, 0.15) is 43.5 Å². The molecule has 2 unspecified atom stereocenters. The van der Waals surface area contributed by atoms with Gasteiger partial charge in [0.15, 0.2) is 9.84 Å². The number of carboxylic acid groups (broad SMARTS) is 1. The van der Waals surface area contributed by atoms with Crippen LogP contribution in [0, 0.1) is 11.8 Å². The number of rotatable bonds is 3. The van der Waals surface area contributed by atoms with Crippen LogP contribution in [-0.2, 0) is 9.84 Å². The fraction of sp³-hybridized carbons (Fsp3) is 0.533. The molecule has 1 aromatic rings. The van der Waals surface area contributed by atoms with Crippen molar-refractivity contribution in [2.24, 2.45) is 11.8 Å². The molecule has 0 saturated heterocycles. The number of aromatic carboxylic acids is 1. The second-order valence-electron chi connectivity index (χ2n) is 5.89. The zero-order valence-corrected chi connectivity index (χ0v) is 12.6. The highest BCUT2D eigenvalue weighted by atomic mass is 32.2. The molecule has 0 amide bonds. The van der Waals surface area contributed by atoms with Gasteiger partial charge in [0.25, 0.3) is 0 Å². The Hall–Kier alpha value is -1.36. The van der Waals surface area contributed by atoms with Crippen molar-refractivity contribution in [1.29, 1.82) is 0 Å². The van der Waals surface area contributed by atoms with Crippen LogP contribution in [0.2, 0.25) is 0 Å². The molecule has 0 aromatic heterocycles. The first-order chi connectivity index (χ1) is 9.32. The number of carbonyl (C=O) groups is 1. The summed E-state index contributed by atoms with van der Waals surface area (Å²) in [5, 5.41) is 8.70. The maximum atomic E-state index is 12.7. The van der Waals surface area contributed by atoms with E-state index in [1.54, 1.807) is 12.1 Å². The van der Waals surface area contributed by atoms with Gasteiger partial charge in [0.1, 0.15) is 0 Å². The molecule has 1 saturated carbocycles. The first-order valence-corrected chi connectivity index (χ1v) is 8.43. The van der Waals surface area contributed by atoms with Gasteiger partial charge in [0.2, 0.25) is 0 Å². The standard InChI is InChI=1S/C15H20O4S/c1-10-7-11(2)9-12(8-10)20(18,19)14-6-4-3-5-13(14)15(16)17/h3-6,10-12H,7-9H2,1-2H3,(H,16,17). The second-order valence-corrected chi connectivity index (χ2v) is 8.08. The molecular weight excluding hydrogens is 276 g/mol. The van der Waals surface area contributed by atoms with E-state index in [-0.39, 0.29) is 10.5 Å². The largest absolute Gasteiger partial charge is 0.478 e. The third-order valence-electron chi connectivity index (χ3n) is 4.00. The molecule has 1 fully saturated rings. The molecule has 0 radical (unpaired) electrons. The third kappa shape index (κ3) is 2.87. The summed E-state index contributed by atoms with van der Waals surface area (Å²) in [6.45, 7) is 4.11. The van der Waals surface area contributed by atoms with E-state index >= 15 is 0 Å². The van der Waals surface area contributed by atoms with Gasteiger partial charge in [-0.05, 0) is 43.2 Å². The minimum absolute atomic E-state index is 0.0428. The Morgan fingerprint density at radius 1 is 1.10 bits per heavy atom. The van der Waals surface area contributed by atoms with Gasteiger partial charge in [-0.25, -0.2) is 13.2 Å². The molecule has 5 heteroatoms. The highest BCUT2D eigenvalue weighted by molar-refractivity contribution is 7.92.